The number of carbonyl (C=O) groups excluding carboxylic acids is 2. The maximum Gasteiger partial charge on any atom is 0.270 e. The molecule has 4 rings (SSSR count). The van der Waals surface area contributed by atoms with Crippen LogP contribution in [0.1, 0.15) is 21.2 Å². The van der Waals surface area contributed by atoms with Crippen LogP contribution in [0.15, 0.2) is 108 Å². The Kier molecular flexibility index (Phi) is 7.99. The highest BCUT2D eigenvalue weighted by atomic mass is 35.5. The zero-order chi connectivity index (χ0) is 25.5. The predicted molar refractivity (Wildman–Crippen MR) is 143 cm³/mol. The first-order valence-corrected chi connectivity index (χ1v) is 12.1. The van der Waals surface area contributed by atoms with E-state index in [1.54, 1.807) is 48.5 Å². The van der Waals surface area contributed by atoms with Crippen molar-refractivity contribution in [3.05, 3.63) is 129 Å². The second-order valence-electron chi connectivity index (χ2n) is 7.66. The van der Waals surface area contributed by atoms with Gasteiger partial charge in [-0.15, -0.1) is 11.8 Å². The Morgan fingerprint density at radius 3 is 2.22 bits per heavy atom. The van der Waals surface area contributed by atoms with Crippen molar-refractivity contribution in [3.63, 3.8) is 0 Å². The number of hydrogen-bond acceptors (Lipinski definition) is 5. The highest BCUT2D eigenvalue weighted by Crippen LogP contribution is 2.37. The third kappa shape index (κ3) is 6.29. The summed E-state index contributed by atoms with van der Waals surface area (Å²) < 4.78 is 0. The number of carbonyl (C=O) groups is 2. The lowest BCUT2D eigenvalue weighted by atomic mass is 10.1. The van der Waals surface area contributed by atoms with Gasteiger partial charge in [-0.1, -0.05) is 60.1 Å². The molecule has 180 valence electrons. The molecule has 0 bridgehead atoms. The van der Waals surface area contributed by atoms with E-state index in [1.807, 2.05) is 30.3 Å². The Morgan fingerprint density at radius 1 is 0.833 bits per heavy atom. The number of thioether (sulfide) groups is 1. The molecule has 0 saturated heterocycles. The van der Waals surface area contributed by atoms with Gasteiger partial charge >= 0.3 is 0 Å². The molecule has 0 aliphatic carbocycles. The summed E-state index contributed by atoms with van der Waals surface area (Å²) in [6.07, 6.45) is 0. The van der Waals surface area contributed by atoms with Gasteiger partial charge in [0.25, 0.3) is 11.6 Å². The van der Waals surface area contributed by atoms with Crippen molar-refractivity contribution < 1.29 is 14.5 Å². The molecular weight excluding hydrogens is 498 g/mol. The summed E-state index contributed by atoms with van der Waals surface area (Å²) in [6, 6.07) is 29.0. The fourth-order valence-corrected chi connectivity index (χ4v) is 4.59. The number of non-ortho nitro benzene ring substituents is 1. The number of anilines is 2. The highest BCUT2D eigenvalue weighted by molar-refractivity contribution is 8.00. The Morgan fingerprint density at radius 2 is 1.53 bits per heavy atom. The molecule has 0 aliphatic heterocycles. The van der Waals surface area contributed by atoms with Crippen LogP contribution in [-0.4, -0.2) is 16.7 Å². The molecule has 4 aromatic rings. The molecule has 0 heterocycles. The lowest BCUT2D eigenvalue weighted by Gasteiger charge is -2.18. The van der Waals surface area contributed by atoms with E-state index in [1.165, 1.54) is 36.0 Å². The van der Waals surface area contributed by atoms with Crippen LogP contribution in [0.4, 0.5) is 17.1 Å². The Bertz CT molecular complexity index is 1400. The summed E-state index contributed by atoms with van der Waals surface area (Å²) in [5.74, 6) is -0.678. The fourth-order valence-electron chi connectivity index (χ4n) is 3.38. The van der Waals surface area contributed by atoms with Gasteiger partial charge in [-0.2, -0.15) is 0 Å². The van der Waals surface area contributed by atoms with Crippen LogP contribution in [0.3, 0.4) is 0 Å². The highest BCUT2D eigenvalue weighted by Gasteiger charge is 2.23. The van der Waals surface area contributed by atoms with Gasteiger partial charge in [0.2, 0.25) is 5.91 Å². The van der Waals surface area contributed by atoms with Gasteiger partial charge in [-0.05, 0) is 48.0 Å². The number of benzene rings is 4. The molecule has 9 heteroatoms. The summed E-state index contributed by atoms with van der Waals surface area (Å²) in [5.41, 5.74) is 1.91. The second-order valence-corrected chi connectivity index (χ2v) is 9.25. The minimum absolute atomic E-state index is 0.156. The third-order valence-corrected chi connectivity index (χ3v) is 6.75. The molecule has 2 N–H and O–H groups in total. The van der Waals surface area contributed by atoms with Crippen molar-refractivity contribution in [3.8, 4) is 0 Å². The Hall–Kier alpha value is -4.14. The van der Waals surface area contributed by atoms with Gasteiger partial charge in [0.05, 0.1) is 15.6 Å². The quantitative estimate of drug-likeness (QED) is 0.149. The lowest BCUT2D eigenvalue weighted by Crippen LogP contribution is -2.19. The van der Waals surface area contributed by atoms with E-state index in [0.717, 1.165) is 10.5 Å². The molecule has 0 aliphatic rings. The van der Waals surface area contributed by atoms with Gasteiger partial charge in [-0.3, -0.25) is 19.7 Å². The standard InChI is InChI=1S/C27H20ClN3O4S/c28-23-11-4-5-12-24(23)30-27(33)25(18-7-2-1-3-8-18)36-22-15-13-20(14-16-22)29-26(32)19-9-6-10-21(17-19)31(34)35/h1-17,25H,(H,29,32)(H,30,33). The van der Waals surface area contributed by atoms with Gasteiger partial charge in [0.15, 0.2) is 0 Å². The maximum absolute atomic E-state index is 13.2. The first-order chi connectivity index (χ1) is 17.4. The number of para-hydroxylation sites is 1. The van der Waals surface area contributed by atoms with Gasteiger partial charge in [-0.25, -0.2) is 0 Å². The van der Waals surface area contributed by atoms with E-state index in [9.17, 15) is 19.7 Å². The molecule has 4 aromatic carbocycles. The van der Waals surface area contributed by atoms with Gasteiger partial charge in [0.1, 0.15) is 5.25 Å². The molecule has 36 heavy (non-hydrogen) atoms. The SMILES string of the molecule is O=C(Nc1ccc(SC(C(=O)Nc2ccccc2Cl)c2ccccc2)cc1)c1cccc([N+](=O)[O-])c1. The number of nitro groups is 1. The molecule has 0 radical (unpaired) electrons. The average Bonchev–Trinajstić information content (AvgIpc) is 2.90. The molecule has 0 fully saturated rings. The van der Waals surface area contributed by atoms with E-state index in [0.29, 0.717) is 16.4 Å². The van der Waals surface area contributed by atoms with E-state index in [-0.39, 0.29) is 17.2 Å². The van der Waals surface area contributed by atoms with Crippen molar-refractivity contribution in [1.29, 1.82) is 0 Å². The van der Waals surface area contributed by atoms with E-state index in [2.05, 4.69) is 10.6 Å². The molecule has 1 unspecified atom stereocenters. The average molecular weight is 518 g/mol. The number of hydrogen-bond donors (Lipinski definition) is 2. The normalized spacial score (nSPS) is 11.4. The van der Waals surface area contributed by atoms with Crippen molar-refractivity contribution in [1.82, 2.24) is 0 Å². The largest absolute Gasteiger partial charge is 0.323 e. The monoisotopic (exact) mass is 517 g/mol. The smallest absolute Gasteiger partial charge is 0.270 e. The lowest BCUT2D eigenvalue weighted by molar-refractivity contribution is -0.384. The molecule has 7 nitrogen and oxygen atoms in total. The Balaban J connectivity index is 1.49. The fraction of sp³-hybridized carbons (Fsp3) is 0.0370. The number of nitro benzene ring substituents is 1. The van der Waals surface area contributed by atoms with E-state index < -0.39 is 16.1 Å². The van der Waals surface area contributed by atoms with Gasteiger partial charge < -0.3 is 10.6 Å². The molecule has 0 spiro atoms. The second kappa shape index (κ2) is 11.5. The minimum atomic E-state index is -0.548. The van der Waals surface area contributed by atoms with Crippen LogP contribution < -0.4 is 10.6 Å². The van der Waals surface area contributed by atoms with Crippen molar-refractivity contribution in [2.75, 3.05) is 10.6 Å². The van der Waals surface area contributed by atoms with Crippen molar-refractivity contribution in [2.45, 2.75) is 10.1 Å². The van der Waals surface area contributed by atoms with Crippen LogP contribution in [0.2, 0.25) is 5.02 Å². The molecular formula is C27H20ClN3O4S. The number of rotatable bonds is 8. The van der Waals surface area contributed by atoms with Crippen molar-refractivity contribution >= 4 is 52.2 Å². The molecule has 1 atom stereocenters. The Labute approximate surface area is 216 Å². The minimum Gasteiger partial charge on any atom is -0.323 e. The first-order valence-electron chi connectivity index (χ1n) is 10.8. The summed E-state index contributed by atoms with van der Waals surface area (Å²) in [6.45, 7) is 0. The summed E-state index contributed by atoms with van der Waals surface area (Å²) >= 11 is 7.58. The third-order valence-electron chi connectivity index (χ3n) is 5.16. The van der Waals surface area contributed by atoms with Gasteiger partial charge in [0, 0.05) is 28.3 Å². The predicted octanol–water partition coefficient (Wildman–Crippen LogP) is 6.97. The van der Waals surface area contributed by atoms with Crippen LogP contribution in [0, 0.1) is 10.1 Å². The number of halogens is 1. The topological polar surface area (TPSA) is 101 Å². The first kappa shape index (κ1) is 25.0. The van der Waals surface area contributed by atoms with Crippen LogP contribution >= 0.6 is 23.4 Å². The van der Waals surface area contributed by atoms with Crippen LogP contribution in [-0.2, 0) is 4.79 Å². The number of nitrogens with one attached hydrogen (secondary N) is 2. The van der Waals surface area contributed by atoms with Crippen LogP contribution in [0.25, 0.3) is 0 Å². The summed E-state index contributed by atoms with van der Waals surface area (Å²) in [7, 11) is 0. The number of amides is 2. The summed E-state index contributed by atoms with van der Waals surface area (Å²) in [5, 5.41) is 16.5. The zero-order valence-electron chi connectivity index (χ0n) is 18.8. The zero-order valence-corrected chi connectivity index (χ0v) is 20.3. The molecule has 0 aromatic heterocycles. The van der Waals surface area contributed by atoms with E-state index in [4.69, 9.17) is 11.6 Å². The maximum atomic E-state index is 13.2. The van der Waals surface area contributed by atoms with Crippen molar-refractivity contribution in [2.24, 2.45) is 0 Å². The number of nitrogens with zero attached hydrogens (tertiary/aromatic N) is 1. The van der Waals surface area contributed by atoms with E-state index >= 15 is 0 Å². The summed E-state index contributed by atoms with van der Waals surface area (Å²) in [4.78, 5) is 37.0. The molecule has 0 saturated carbocycles. The molecule has 2 amide bonds. The van der Waals surface area contributed by atoms with Crippen LogP contribution in [0.5, 0.6) is 0 Å².